The molecule has 0 aliphatic carbocycles. The molecule has 0 spiro atoms. The van der Waals surface area contributed by atoms with Gasteiger partial charge in [0, 0.05) is 6.07 Å². The third-order valence-electron chi connectivity index (χ3n) is 1.00. The van der Waals surface area contributed by atoms with Crippen LogP contribution in [0.5, 0.6) is 0 Å². The summed E-state index contributed by atoms with van der Waals surface area (Å²) < 4.78 is 0.603. The van der Waals surface area contributed by atoms with Crippen LogP contribution < -0.4 is 16.2 Å². The Hall–Kier alpha value is -1.45. The average molecular weight is 125 g/mol. The molecule has 4 heteroatoms. The number of nitrogens with zero attached hydrogens (tertiary/aromatic N) is 1. The molecule has 0 aromatic carbocycles. The molecule has 4 N–H and O–H groups in total. The van der Waals surface area contributed by atoms with Gasteiger partial charge in [0.25, 0.3) is 0 Å². The highest BCUT2D eigenvalue weighted by Crippen LogP contribution is 2.07. The van der Waals surface area contributed by atoms with E-state index in [2.05, 4.69) is 0 Å². The van der Waals surface area contributed by atoms with Crippen LogP contribution in [0.25, 0.3) is 0 Å². The first kappa shape index (κ1) is 5.68. The lowest BCUT2D eigenvalue weighted by Crippen LogP contribution is -2.25. The minimum absolute atomic E-state index is 0.313. The summed E-state index contributed by atoms with van der Waals surface area (Å²) >= 11 is 0. The van der Waals surface area contributed by atoms with E-state index >= 15 is 0 Å². The summed E-state index contributed by atoms with van der Waals surface area (Å²) in [6.07, 6.45) is 2.51. The molecule has 0 amide bonds. The maximum atomic E-state index is 10.4. The second-order valence-electron chi connectivity index (χ2n) is 1.72. The fourth-order valence-electron chi connectivity index (χ4n) is 0.505. The quantitative estimate of drug-likeness (QED) is 0.362. The Morgan fingerprint density at radius 2 is 2.00 bits per heavy atom. The summed E-state index contributed by atoms with van der Waals surface area (Å²) in [5, 5.41) is 10.4. The van der Waals surface area contributed by atoms with Gasteiger partial charge >= 0.3 is 0 Å². The Kier molecular flexibility index (Phi) is 1.14. The summed E-state index contributed by atoms with van der Waals surface area (Å²) in [6.45, 7) is 0. The van der Waals surface area contributed by atoms with Crippen molar-refractivity contribution in [2.24, 2.45) is 0 Å². The molecule has 48 valence electrons. The molecule has 4 nitrogen and oxygen atoms in total. The van der Waals surface area contributed by atoms with E-state index in [-0.39, 0.29) is 0 Å². The maximum absolute atomic E-state index is 10.4. The van der Waals surface area contributed by atoms with Gasteiger partial charge in [0.05, 0.1) is 5.69 Å². The van der Waals surface area contributed by atoms with Gasteiger partial charge in [0.2, 0.25) is 6.20 Å². The Bertz CT molecular complexity index is 223. The van der Waals surface area contributed by atoms with Gasteiger partial charge in [0.1, 0.15) is 5.69 Å². The van der Waals surface area contributed by atoms with Crippen molar-refractivity contribution in [3.05, 3.63) is 23.7 Å². The molecule has 0 radical (unpaired) electrons. The molecule has 0 fully saturated rings. The topological polar surface area (TPSA) is 79.0 Å². The van der Waals surface area contributed by atoms with Gasteiger partial charge in [-0.1, -0.05) is 0 Å². The van der Waals surface area contributed by atoms with Crippen molar-refractivity contribution >= 4 is 11.4 Å². The summed E-state index contributed by atoms with van der Waals surface area (Å²) in [5.74, 6) is 0. The third kappa shape index (κ3) is 1.02. The van der Waals surface area contributed by atoms with Crippen LogP contribution in [0.3, 0.4) is 0 Å². The lowest BCUT2D eigenvalue weighted by molar-refractivity contribution is -0.604. The number of hydrogen-bond acceptors (Lipinski definition) is 3. The fraction of sp³-hybridized carbons (Fsp3) is 0. The van der Waals surface area contributed by atoms with Gasteiger partial charge < -0.3 is 16.7 Å². The van der Waals surface area contributed by atoms with Crippen LogP contribution in [0.4, 0.5) is 11.4 Å². The van der Waals surface area contributed by atoms with E-state index < -0.39 is 0 Å². The van der Waals surface area contributed by atoms with Crippen LogP contribution in [-0.2, 0) is 0 Å². The van der Waals surface area contributed by atoms with Crippen LogP contribution in [0.1, 0.15) is 0 Å². The number of nitrogens with two attached hydrogens (primary N) is 2. The fourth-order valence-corrected chi connectivity index (χ4v) is 0.505. The highest BCUT2D eigenvalue weighted by Gasteiger charge is 1.95. The molecule has 0 unspecified atom stereocenters. The Morgan fingerprint density at radius 3 is 2.44 bits per heavy atom. The minimum atomic E-state index is 0.313. The molecule has 1 aromatic rings. The van der Waals surface area contributed by atoms with Crippen molar-refractivity contribution in [3.8, 4) is 0 Å². The molecular weight excluding hydrogens is 118 g/mol. The summed E-state index contributed by atoms with van der Waals surface area (Å²) in [4.78, 5) is 0. The van der Waals surface area contributed by atoms with Crippen LogP contribution in [-0.4, -0.2) is 0 Å². The number of hydrogen-bond donors (Lipinski definition) is 2. The lowest BCUT2D eigenvalue weighted by atomic mass is 10.4. The highest BCUT2D eigenvalue weighted by molar-refractivity contribution is 5.59. The zero-order valence-corrected chi connectivity index (χ0v) is 4.74. The van der Waals surface area contributed by atoms with Gasteiger partial charge in [-0.15, -0.1) is 0 Å². The van der Waals surface area contributed by atoms with Crippen molar-refractivity contribution in [2.45, 2.75) is 0 Å². The SMILES string of the molecule is Nc1cc[n+]([O-])cc1N. The van der Waals surface area contributed by atoms with Crippen LogP contribution >= 0.6 is 0 Å². The van der Waals surface area contributed by atoms with Gasteiger partial charge in [-0.3, -0.25) is 0 Å². The second-order valence-corrected chi connectivity index (χ2v) is 1.72. The maximum Gasteiger partial charge on any atom is 0.205 e. The lowest BCUT2D eigenvalue weighted by Gasteiger charge is -1.97. The zero-order valence-electron chi connectivity index (χ0n) is 4.74. The van der Waals surface area contributed by atoms with Crippen molar-refractivity contribution in [3.63, 3.8) is 0 Å². The molecule has 0 saturated heterocycles. The zero-order chi connectivity index (χ0) is 6.85. The normalized spacial score (nSPS) is 9.33. The van der Waals surface area contributed by atoms with Gasteiger partial charge in [0.15, 0.2) is 6.20 Å². The van der Waals surface area contributed by atoms with E-state index in [4.69, 9.17) is 11.5 Å². The van der Waals surface area contributed by atoms with Crippen molar-refractivity contribution in [1.82, 2.24) is 0 Å². The molecule has 9 heavy (non-hydrogen) atoms. The van der Waals surface area contributed by atoms with Crippen LogP contribution in [0, 0.1) is 5.21 Å². The van der Waals surface area contributed by atoms with Gasteiger partial charge in [-0.2, -0.15) is 4.73 Å². The number of pyridine rings is 1. The van der Waals surface area contributed by atoms with E-state index in [9.17, 15) is 5.21 Å². The molecule has 0 atom stereocenters. The third-order valence-corrected chi connectivity index (χ3v) is 1.00. The molecule has 1 rings (SSSR count). The second kappa shape index (κ2) is 1.81. The number of rotatable bonds is 0. The summed E-state index contributed by atoms with van der Waals surface area (Å²) in [5.41, 5.74) is 11.3. The predicted octanol–water partition coefficient (Wildman–Crippen LogP) is -0.516. The van der Waals surface area contributed by atoms with E-state index in [1.165, 1.54) is 18.5 Å². The van der Waals surface area contributed by atoms with E-state index in [1.807, 2.05) is 0 Å². The van der Waals surface area contributed by atoms with Crippen LogP contribution in [0.2, 0.25) is 0 Å². The number of nitrogen functional groups attached to an aromatic ring is 2. The molecular formula is C5H7N3O. The monoisotopic (exact) mass is 125 g/mol. The largest absolute Gasteiger partial charge is 0.619 e. The van der Waals surface area contributed by atoms with Crippen molar-refractivity contribution in [2.75, 3.05) is 11.5 Å². The van der Waals surface area contributed by atoms with E-state index in [1.54, 1.807) is 0 Å². The Morgan fingerprint density at radius 1 is 1.33 bits per heavy atom. The smallest absolute Gasteiger partial charge is 0.205 e. The molecule has 0 aliphatic rings. The first-order valence-electron chi connectivity index (χ1n) is 2.44. The number of aromatic nitrogens is 1. The first-order chi connectivity index (χ1) is 4.20. The van der Waals surface area contributed by atoms with E-state index in [0.29, 0.717) is 16.1 Å². The molecule has 1 aromatic heterocycles. The minimum Gasteiger partial charge on any atom is -0.619 e. The summed E-state index contributed by atoms with van der Waals surface area (Å²) in [6, 6.07) is 1.46. The first-order valence-corrected chi connectivity index (χ1v) is 2.44. The molecule has 0 bridgehead atoms. The molecule has 1 heterocycles. The van der Waals surface area contributed by atoms with Gasteiger partial charge in [-0.25, -0.2) is 0 Å². The van der Waals surface area contributed by atoms with Crippen molar-refractivity contribution in [1.29, 1.82) is 0 Å². The Balaban J connectivity index is 3.17. The molecule has 0 aliphatic heterocycles. The van der Waals surface area contributed by atoms with Gasteiger partial charge in [-0.05, 0) is 0 Å². The Labute approximate surface area is 52.3 Å². The highest BCUT2D eigenvalue weighted by atomic mass is 16.5. The molecule has 0 saturated carbocycles. The van der Waals surface area contributed by atoms with Crippen molar-refractivity contribution < 1.29 is 4.73 Å². The summed E-state index contributed by atoms with van der Waals surface area (Å²) in [7, 11) is 0. The average Bonchev–Trinajstić information content (AvgIpc) is 1.80. The standard InChI is InChI=1S/C5H7N3O/c6-4-1-2-8(9)3-5(4)7/h1-3H,6-7H2. The van der Waals surface area contributed by atoms with E-state index in [0.717, 1.165) is 0 Å². The van der Waals surface area contributed by atoms with Crippen LogP contribution in [0.15, 0.2) is 18.5 Å². The number of anilines is 2. The predicted molar refractivity (Wildman–Crippen MR) is 34.2 cm³/mol.